The van der Waals surface area contributed by atoms with Gasteiger partial charge in [-0.2, -0.15) is 0 Å². The molecule has 12 heavy (non-hydrogen) atoms. The molecule has 0 spiro atoms. The van der Waals surface area contributed by atoms with Crippen molar-refractivity contribution in [1.29, 1.82) is 0 Å². The van der Waals surface area contributed by atoms with E-state index in [2.05, 4.69) is 19.6 Å². The standard InChI is InChI=1S/C8H14Cl2OSi/c1-7(5-6-8(9)10)11-12(2,3)4/h5-6H,1-4H3. The Kier molecular flexibility index (Phi) is 4.98. The van der Waals surface area contributed by atoms with Gasteiger partial charge in [0.05, 0.1) is 5.76 Å². The molecule has 0 fully saturated rings. The minimum absolute atomic E-state index is 0.244. The zero-order valence-corrected chi connectivity index (χ0v) is 10.3. The molecule has 70 valence electrons. The van der Waals surface area contributed by atoms with Crippen molar-refractivity contribution in [2.24, 2.45) is 0 Å². The SMILES string of the molecule is CC(=CC=C(Cl)Cl)O[Si](C)(C)C. The van der Waals surface area contributed by atoms with Gasteiger partial charge in [0.15, 0.2) is 0 Å². The molecular weight excluding hydrogens is 211 g/mol. The Hall–Kier alpha value is 0.0769. The van der Waals surface area contributed by atoms with Gasteiger partial charge in [-0.15, -0.1) is 0 Å². The van der Waals surface area contributed by atoms with E-state index in [-0.39, 0.29) is 4.49 Å². The highest BCUT2D eigenvalue weighted by Crippen LogP contribution is 2.12. The van der Waals surface area contributed by atoms with E-state index in [0.29, 0.717) is 0 Å². The molecule has 1 nitrogen and oxygen atoms in total. The van der Waals surface area contributed by atoms with Crippen LogP contribution in [0.2, 0.25) is 19.6 Å². The second-order valence-electron chi connectivity index (χ2n) is 3.45. The lowest BCUT2D eigenvalue weighted by Crippen LogP contribution is -2.23. The summed E-state index contributed by atoms with van der Waals surface area (Å²) in [4.78, 5) is 0. The van der Waals surface area contributed by atoms with Crippen LogP contribution < -0.4 is 0 Å². The van der Waals surface area contributed by atoms with E-state index in [1.54, 1.807) is 12.2 Å². The minimum atomic E-state index is -1.48. The highest BCUT2D eigenvalue weighted by atomic mass is 35.5. The highest BCUT2D eigenvalue weighted by molar-refractivity contribution is 6.70. The van der Waals surface area contributed by atoms with Crippen LogP contribution in [0.15, 0.2) is 22.4 Å². The van der Waals surface area contributed by atoms with Crippen LogP contribution in [0.5, 0.6) is 0 Å². The molecule has 4 heteroatoms. The van der Waals surface area contributed by atoms with Crippen LogP contribution in [0.4, 0.5) is 0 Å². The van der Waals surface area contributed by atoms with Crippen molar-refractivity contribution in [2.75, 3.05) is 0 Å². The monoisotopic (exact) mass is 224 g/mol. The molecule has 0 aromatic rings. The van der Waals surface area contributed by atoms with E-state index in [0.717, 1.165) is 5.76 Å². The third-order valence-electron chi connectivity index (χ3n) is 0.911. The van der Waals surface area contributed by atoms with Crippen LogP contribution in [0.25, 0.3) is 0 Å². The molecule has 0 atom stereocenters. The molecule has 0 aliphatic rings. The summed E-state index contributed by atoms with van der Waals surface area (Å²) in [6, 6.07) is 0. The van der Waals surface area contributed by atoms with E-state index in [9.17, 15) is 0 Å². The van der Waals surface area contributed by atoms with E-state index in [1.165, 1.54) is 0 Å². The molecule has 0 saturated carbocycles. The van der Waals surface area contributed by atoms with E-state index >= 15 is 0 Å². The molecule has 0 radical (unpaired) electrons. The first kappa shape index (κ1) is 12.1. The van der Waals surface area contributed by atoms with Gasteiger partial charge in [0.2, 0.25) is 8.32 Å². The summed E-state index contributed by atoms with van der Waals surface area (Å²) in [7, 11) is -1.48. The number of hydrogen-bond acceptors (Lipinski definition) is 1. The first-order valence-electron chi connectivity index (χ1n) is 3.70. The fraction of sp³-hybridized carbons (Fsp3) is 0.500. The summed E-state index contributed by atoms with van der Waals surface area (Å²) in [6.45, 7) is 8.26. The number of hydrogen-bond donors (Lipinski definition) is 0. The molecule has 0 aromatic carbocycles. The van der Waals surface area contributed by atoms with Gasteiger partial charge in [-0.05, 0) is 38.7 Å². The Bertz CT molecular complexity index is 200. The second kappa shape index (κ2) is 4.95. The molecule has 0 amide bonds. The predicted molar refractivity (Wildman–Crippen MR) is 58.0 cm³/mol. The summed E-state index contributed by atoms with van der Waals surface area (Å²) >= 11 is 10.9. The third kappa shape index (κ3) is 8.18. The first-order valence-corrected chi connectivity index (χ1v) is 7.86. The molecule has 0 rings (SSSR count). The third-order valence-corrected chi connectivity index (χ3v) is 2.10. The Morgan fingerprint density at radius 3 is 2.00 bits per heavy atom. The van der Waals surface area contributed by atoms with Crippen molar-refractivity contribution in [3.8, 4) is 0 Å². The molecule has 0 aromatic heterocycles. The van der Waals surface area contributed by atoms with Crippen LogP contribution in [-0.4, -0.2) is 8.32 Å². The van der Waals surface area contributed by atoms with Crippen molar-refractivity contribution < 1.29 is 4.43 Å². The summed E-state index contributed by atoms with van der Waals surface area (Å²) in [5, 5.41) is 0. The molecule has 0 heterocycles. The highest BCUT2D eigenvalue weighted by Gasteiger charge is 2.15. The van der Waals surface area contributed by atoms with Crippen molar-refractivity contribution in [2.45, 2.75) is 26.6 Å². The molecular formula is C8H14Cl2OSi. The van der Waals surface area contributed by atoms with Crippen molar-refractivity contribution in [3.63, 3.8) is 0 Å². The lowest BCUT2D eigenvalue weighted by molar-refractivity contribution is 0.424. The van der Waals surface area contributed by atoms with Crippen LogP contribution >= 0.6 is 23.2 Å². The molecule has 0 unspecified atom stereocenters. The Morgan fingerprint density at radius 2 is 1.67 bits per heavy atom. The summed E-state index contributed by atoms with van der Waals surface area (Å²) in [5.74, 6) is 0.855. The minimum Gasteiger partial charge on any atom is -0.548 e. The maximum Gasteiger partial charge on any atom is 0.241 e. The van der Waals surface area contributed by atoms with Crippen LogP contribution in [-0.2, 0) is 4.43 Å². The van der Waals surface area contributed by atoms with Crippen LogP contribution in [0.1, 0.15) is 6.92 Å². The number of halogens is 2. The normalized spacial score (nSPS) is 12.7. The maximum atomic E-state index is 5.63. The first-order chi connectivity index (χ1) is 5.31. The summed E-state index contributed by atoms with van der Waals surface area (Å²) < 4.78 is 5.87. The van der Waals surface area contributed by atoms with E-state index in [1.807, 2.05) is 6.92 Å². The van der Waals surface area contributed by atoms with Gasteiger partial charge < -0.3 is 4.43 Å². The fourth-order valence-corrected chi connectivity index (χ4v) is 1.86. The number of rotatable bonds is 3. The number of allylic oxidation sites excluding steroid dienone is 3. The fourth-order valence-electron chi connectivity index (χ4n) is 0.697. The Morgan fingerprint density at radius 1 is 1.17 bits per heavy atom. The van der Waals surface area contributed by atoms with Crippen LogP contribution in [0.3, 0.4) is 0 Å². The van der Waals surface area contributed by atoms with Gasteiger partial charge >= 0.3 is 0 Å². The van der Waals surface area contributed by atoms with Gasteiger partial charge in [-0.1, -0.05) is 23.2 Å². The lowest BCUT2D eigenvalue weighted by atomic mass is 10.5. The smallest absolute Gasteiger partial charge is 0.241 e. The Labute approximate surface area is 85.1 Å². The lowest BCUT2D eigenvalue weighted by Gasteiger charge is -2.18. The molecule has 0 N–H and O–H groups in total. The van der Waals surface area contributed by atoms with Crippen molar-refractivity contribution in [1.82, 2.24) is 0 Å². The van der Waals surface area contributed by atoms with Gasteiger partial charge in [0, 0.05) is 0 Å². The molecule has 0 aliphatic heterocycles. The van der Waals surface area contributed by atoms with Gasteiger partial charge in [0.25, 0.3) is 0 Å². The molecule has 0 bridgehead atoms. The maximum absolute atomic E-state index is 5.63. The van der Waals surface area contributed by atoms with Gasteiger partial charge in [-0.3, -0.25) is 0 Å². The van der Waals surface area contributed by atoms with Gasteiger partial charge in [0.1, 0.15) is 4.49 Å². The van der Waals surface area contributed by atoms with Crippen molar-refractivity contribution in [3.05, 3.63) is 22.4 Å². The average Bonchev–Trinajstić information content (AvgIpc) is 1.79. The molecule has 0 saturated heterocycles. The Balaban J connectivity index is 4.13. The van der Waals surface area contributed by atoms with E-state index < -0.39 is 8.32 Å². The summed E-state index contributed by atoms with van der Waals surface area (Å²) in [5.41, 5.74) is 0. The zero-order chi connectivity index (χ0) is 9.78. The predicted octanol–water partition coefficient (Wildman–Crippen LogP) is 4.06. The molecule has 0 aliphatic carbocycles. The quantitative estimate of drug-likeness (QED) is 0.400. The van der Waals surface area contributed by atoms with E-state index in [4.69, 9.17) is 27.6 Å². The average molecular weight is 225 g/mol. The largest absolute Gasteiger partial charge is 0.548 e. The topological polar surface area (TPSA) is 9.23 Å². The second-order valence-corrected chi connectivity index (χ2v) is 8.88. The zero-order valence-electron chi connectivity index (χ0n) is 7.82. The van der Waals surface area contributed by atoms with Gasteiger partial charge in [-0.25, -0.2) is 0 Å². The summed E-state index contributed by atoms with van der Waals surface area (Å²) in [6.07, 6.45) is 3.38. The van der Waals surface area contributed by atoms with Crippen LogP contribution in [0, 0.1) is 0 Å². The van der Waals surface area contributed by atoms with Crippen molar-refractivity contribution >= 4 is 31.5 Å².